The van der Waals surface area contributed by atoms with E-state index in [2.05, 4.69) is 4.98 Å². The van der Waals surface area contributed by atoms with Gasteiger partial charge in [-0.1, -0.05) is 19.1 Å². The normalized spacial score (nSPS) is 10.8. The van der Waals surface area contributed by atoms with Gasteiger partial charge in [-0.15, -0.1) is 0 Å². The number of carboxylic acid groups (broad SMARTS) is 1. The summed E-state index contributed by atoms with van der Waals surface area (Å²) < 4.78 is 25.5. The standard InChI is InChI=1S/C22H22FNO5/c1-2-11-29-18-10-9-17(23)20-21(18)24-13-16(22(20)27)14-5-7-15(8-6-14)28-12-3-4-19(25)26/h5-10,13H,2-4,11-12H2,1H3,(H,24,27)(H,25,26). The Bertz CT molecular complexity index is 1060. The number of hydrogen-bond acceptors (Lipinski definition) is 4. The first-order valence-electron chi connectivity index (χ1n) is 9.43. The molecule has 0 atom stereocenters. The molecule has 0 amide bonds. The summed E-state index contributed by atoms with van der Waals surface area (Å²) in [6, 6.07) is 9.55. The van der Waals surface area contributed by atoms with Crippen molar-refractivity contribution in [2.24, 2.45) is 0 Å². The number of H-pyrrole nitrogens is 1. The zero-order valence-electron chi connectivity index (χ0n) is 16.0. The highest BCUT2D eigenvalue weighted by Gasteiger charge is 2.15. The first-order valence-corrected chi connectivity index (χ1v) is 9.43. The molecule has 3 rings (SSSR count). The van der Waals surface area contributed by atoms with Crippen molar-refractivity contribution in [2.75, 3.05) is 13.2 Å². The van der Waals surface area contributed by atoms with E-state index in [-0.39, 0.29) is 18.4 Å². The Morgan fingerprint density at radius 3 is 2.55 bits per heavy atom. The number of aromatic nitrogens is 1. The number of carbonyl (C=O) groups is 1. The summed E-state index contributed by atoms with van der Waals surface area (Å²) in [5.41, 5.74) is 0.866. The second-order valence-corrected chi connectivity index (χ2v) is 6.55. The summed E-state index contributed by atoms with van der Waals surface area (Å²) in [6.07, 6.45) is 2.79. The Morgan fingerprint density at radius 2 is 1.86 bits per heavy atom. The Balaban J connectivity index is 1.86. The molecule has 0 aliphatic rings. The van der Waals surface area contributed by atoms with Gasteiger partial charge < -0.3 is 19.6 Å². The molecule has 3 aromatic rings. The molecule has 6 nitrogen and oxygen atoms in total. The first-order chi connectivity index (χ1) is 14.0. The van der Waals surface area contributed by atoms with Gasteiger partial charge in [-0.05, 0) is 42.7 Å². The zero-order chi connectivity index (χ0) is 20.8. The number of hydrogen-bond donors (Lipinski definition) is 2. The van der Waals surface area contributed by atoms with Crippen LogP contribution in [-0.4, -0.2) is 29.3 Å². The van der Waals surface area contributed by atoms with Gasteiger partial charge in [0, 0.05) is 18.2 Å². The van der Waals surface area contributed by atoms with Crippen molar-refractivity contribution >= 4 is 16.9 Å². The molecule has 0 bridgehead atoms. The van der Waals surface area contributed by atoms with Crippen LogP contribution in [0.15, 0.2) is 47.4 Å². The van der Waals surface area contributed by atoms with Crippen LogP contribution >= 0.6 is 0 Å². The second-order valence-electron chi connectivity index (χ2n) is 6.55. The molecular formula is C22H22FNO5. The number of nitrogens with one attached hydrogen (secondary N) is 1. The average Bonchev–Trinajstić information content (AvgIpc) is 2.71. The minimum Gasteiger partial charge on any atom is -0.494 e. The minimum atomic E-state index is -0.866. The summed E-state index contributed by atoms with van der Waals surface area (Å²) in [7, 11) is 0. The van der Waals surface area contributed by atoms with Gasteiger partial charge in [0.05, 0.1) is 24.1 Å². The Labute approximate surface area is 166 Å². The smallest absolute Gasteiger partial charge is 0.303 e. The SMILES string of the molecule is CCCOc1ccc(F)c2c(=O)c(-c3ccc(OCCCC(=O)O)cc3)c[nH]c12. The maximum absolute atomic E-state index is 14.4. The molecule has 0 fully saturated rings. The molecule has 0 spiro atoms. The van der Waals surface area contributed by atoms with E-state index in [9.17, 15) is 14.0 Å². The molecule has 0 unspecified atom stereocenters. The van der Waals surface area contributed by atoms with Gasteiger partial charge in [0.25, 0.3) is 0 Å². The fourth-order valence-electron chi connectivity index (χ4n) is 2.96. The molecule has 0 radical (unpaired) electrons. The molecule has 152 valence electrons. The van der Waals surface area contributed by atoms with Crippen LogP contribution in [0.2, 0.25) is 0 Å². The largest absolute Gasteiger partial charge is 0.494 e. The van der Waals surface area contributed by atoms with Crippen LogP contribution in [0.3, 0.4) is 0 Å². The van der Waals surface area contributed by atoms with E-state index in [0.717, 1.165) is 6.42 Å². The summed E-state index contributed by atoms with van der Waals surface area (Å²) in [6.45, 7) is 2.72. The molecular weight excluding hydrogens is 377 g/mol. The minimum absolute atomic E-state index is 0.0369. The predicted octanol–water partition coefficient (Wildman–Crippen LogP) is 4.37. The van der Waals surface area contributed by atoms with Crippen molar-refractivity contribution < 1.29 is 23.8 Å². The van der Waals surface area contributed by atoms with Gasteiger partial charge >= 0.3 is 5.97 Å². The van der Waals surface area contributed by atoms with E-state index in [1.54, 1.807) is 30.5 Å². The van der Waals surface area contributed by atoms with Crippen molar-refractivity contribution in [1.82, 2.24) is 4.98 Å². The topological polar surface area (TPSA) is 88.6 Å². The van der Waals surface area contributed by atoms with Gasteiger partial charge in [0.2, 0.25) is 0 Å². The number of carboxylic acids is 1. The van der Waals surface area contributed by atoms with Crippen LogP contribution in [0.1, 0.15) is 26.2 Å². The Kier molecular flexibility index (Phi) is 6.49. The average molecular weight is 399 g/mol. The van der Waals surface area contributed by atoms with Crippen molar-refractivity contribution in [3.63, 3.8) is 0 Å². The molecule has 0 aliphatic carbocycles. The van der Waals surface area contributed by atoms with E-state index in [0.29, 0.717) is 41.2 Å². The highest BCUT2D eigenvalue weighted by Crippen LogP contribution is 2.27. The van der Waals surface area contributed by atoms with E-state index in [1.165, 1.54) is 12.1 Å². The van der Waals surface area contributed by atoms with E-state index < -0.39 is 17.2 Å². The predicted molar refractivity (Wildman–Crippen MR) is 108 cm³/mol. The third kappa shape index (κ3) is 4.74. The maximum Gasteiger partial charge on any atom is 0.303 e. The summed E-state index contributed by atoms with van der Waals surface area (Å²) in [5.74, 6) is -0.463. The number of halogens is 1. The number of aliphatic carboxylic acids is 1. The Hall–Kier alpha value is -3.35. The summed E-state index contributed by atoms with van der Waals surface area (Å²) in [4.78, 5) is 26.4. The van der Waals surface area contributed by atoms with Gasteiger partial charge in [-0.2, -0.15) is 0 Å². The zero-order valence-corrected chi connectivity index (χ0v) is 16.0. The van der Waals surface area contributed by atoms with Gasteiger partial charge in [0.15, 0.2) is 5.43 Å². The summed E-state index contributed by atoms with van der Waals surface area (Å²) in [5, 5.41) is 8.59. The first kappa shape index (κ1) is 20.4. The van der Waals surface area contributed by atoms with Crippen molar-refractivity contribution in [2.45, 2.75) is 26.2 Å². The molecule has 1 aromatic heterocycles. The lowest BCUT2D eigenvalue weighted by molar-refractivity contribution is -0.137. The van der Waals surface area contributed by atoms with E-state index in [1.807, 2.05) is 6.92 Å². The maximum atomic E-state index is 14.4. The second kappa shape index (κ2) is 9.23. The number of aromatic amines is 1. The van der Waals surface area contributed by atoms with Crippen LogP contribution in [0, 0.1) is 5.82 Å². The molecule has 0 saturated carbocycles. The van der Waals surface area contributed by atoms with E-state index >= 15 is 0 Å². The fourth-order valence-corrected chi connectivity index (χ4v) is 2.96. The molecule has 29 heavy (non-hydrogen) atoms. The third-order valence-electron chi connectivity index (χ3n) is 4.38. The number of benzene rings is 2. The lowest BCUT2D eigenvalue weighted by atomic mass is 10.0. The number of fused-ring (bicyclic) bond motifs is 1. The quantitative estimate of drug-likeness (QED) is 0.522. The highest BCUT2D eigenvalue weighted by molar-refractivity contribution is 5.88. The van der Waals surface area contributed by atoms with Gasteiger partial charge in [0.1, 0.15) is 17.3 Å². The van der Waals surface area contributed by atoms with Crippen LogP contribution in [0.25, 0.3) is 22.0 Å². The van der Waals surface area contributed by atoms with Crippen LogP contribution in [-0.2, 0) is 4.79 Å². The fraction of sp³-hybridized carbons (Fsp3) is 0.273. The monoisotopic (exact) mass is 399 g/mol. The number of ether oxygens (including phenoxy) is 2. The molecule has 0 saturated heterocycles. The number of rotatable bonds is 9. The lowest BCUT2D eigenvalue weighted by Crippen LogP contribution is -2.09. The Morgan fingerprint density at radius 1 is 1.10 bits per heavy atom. The van der Waals surface area contributed by atoms with Gasteiger partial charge in [-0.25, -0.2) is 4.39 Å². The summed E-state index contributed by atoms with van der Waals surface area (Å²) >= 11 is 0. The van der Waals surface area contributed by atoms with Crippen molar-refractivity contribution in [1.29, 1.82) is 0 Å². The highest BCUT2D eigenvalue weighted by atomic mass is 19.1. The molecule has 0 aliphatic heterocycles. The van der Waals surface area contributed by atoms with E-state index in [4.69, 9.17) is 14.6 Å². The van der Waals surface area contributed by atoms with Crippen LogP contribution < -0.4 is 14.9 Å². The van der Waals surface area contributed by atoms with Crippen LogP contribution in [0.5, 0.6) is 11.5 Å². The number of pyridine rings is 1. The molecule has 1 heterocycles. The third-order valence-corrected chi connectivity index (χ3v) is 4.38. The van der Waals surface area contributed by atoms with Crippen molar-refractivity contribution in [3.05, 3.63) is 58.6 Å². The van der Waals surface area contributed by atoms with Crippen molar-refractivity contribution in [3.8, 4) is 22.6 Å². The molecule has 7 heteroatoms. The van der Waals surface area contributed by atoms with Gasteiger partial charge in [-0.3, -0.25) is 9.59 Å². The molecule has 2 N–H and O–H groups in total. The lowest BCUT2D eigenvalue weighted by Gasteiger charge is -2.11. The molecule has 2 aromatic carbocycles. The van der Waals surface area contributed by atoms with Crippen LogP contribution in [0.4, 0.5) is 4.39 Å².